The predicted octanol–water partition coefficient (Wildman–Crippen LogP) is 14.9. The van der Waals surface area contributed by atoms with Crippen molar-refractivity contribution in [1.29, 1.82) is 0 Å². The minimum Gasteiger partial charge on any atom is -0.265 e. The number of allylic oxidation sites excluding steroid dienone is 1. The molecule has 4 aromatic heterocycles. The standard InChI is InChI=1S/C52H34N2S2/c1-4-35(33-18-22-53-23-19-33)26-37(6-1)41-10-14-49-45(29-41)47-31-43(12-16-51(47)55-49)39-8-3-9-40(28-39)44-13-17-52-48(32-44)46-30-42(11-15-50(46)56-52)38-7-2-5-36(27-38)34-20-24-54-25-21-34/h1-12,14-16,18-32H,13,17H2. The Morgan fingerprint density at radius 1 is 0.339 bits per heavy atom. The van der Waals surface area contributed by atoms with Crippen molar-refractivity contribution in [2.75, 3.05) is 0 Å². The Morgan fingerprint density at radius 3 is 1.27 bits per heavy atom. The highest BCUT2D eigenvalue weighted by molar-refractivity contribution is 7.25. The SMILES string of the molecule is C1=C(c2cccc(-c3ccc4sc5ccc(-c6cccc(-c7ccncc7)c6)cc5c4c3)c2)CCc2sc3ccc(-c4cccc(-c5ccncc5)c4)cc3c21. The lowest BCUT2D eigenvalue weighted by Gasteiger charge is -2.15. The molecule has 1 aliphatic carbocycles. The van der Waals surface area contributed by atoms with Crippen LogP contribution in [0.1, 0.15) is 22.4 Å². The second-order valence-corrected chi connectivity index (χ2v) is 16.8. The van der Waals surface area contributed by atoms with Crippen LogP contribution < -0.4 is 0 Å². The predicted molar refractivity (Wildman–Crippen MR) is 240 cm³/mol. The molecule has 0 saturated heterocycles. The average molecular weight is 751 g/mol. The third-order valence-corrected chi connectivity index (χ3v) is 13.6. The minimum absolute atomic E-state index is 1.05. The summed E-state index contributed by atoms with van der Waals surface area (Å²) in [6, 6.07) is 56.0. The van der Waals surface area contributed by atoms with Crippen molar-refractivity contribution in [3.8, 4) is 55.6 Å². The number of pyridine rings is 2. The molecule has 264 valence electrons. The third kappa shape index (κ3) is 5.95. The summed E-state index contributed by atoms with van der Waals surface area (Å²) in [4.78, 5) is 9.89. The van der Waals surface area contributed by atoms with E-state index in [4.69, 9.17) is 0 Å². The zero-order chi connectivity index (χ0) is 37.0. The zero-order valence-corrected chi connectivity index (χ0v) is 32.1. The van der Waals surface area contributed by atoms with Crippen LogP contribution in [0.3, 0.4) is 0 Å². The highest BCUT2D eigenvalue weighted by Crippen LogP contribution is 2.43. The smallest absolute Gasteiger partial charge is 0.0355 e. The molecule has 11 rings (SSSR count). The van der Waals surface area contributed by atoms with Gasteiger partial charge < -0.3 is 0 Å². The van der Waals surface area contributed by atoms with E-state index in [1.54, 1.807) is 0 Å². The maximum absolute atomic E-state index is 4.20. The molecule has 4 heterocycles. The Morgan fingerprint density at radius 2 is 0.750 bits per heavy atom. The van der Waals surface area contributed by atoms with E-state index in [9.17, 15) is 0 Å². The molecule has 0 amide bonds. The van der Waals surface area contributed by atoms with E-state index in [-0.39, 0.29) is 0 Å². The average Bonchev–Trinajstić information content (AvgIpc) is 3.84. The zero-order valence-electron chi connectivity index (χ0n) is 30.4. The molecule has 0 bridgehead atoms. The van der Waals surface area contributed by atoms with E-state index in [1.807, 2.05) is 47.5 Å². The number of aromatic nitrogens is 2. The van der Waals surface area contributed by atoms with Gasteiger partial charge in [0, 0.05) is 59.9 Å². The third-order valence-electron chi connectivity index (χ3n) is 11.2. The summed E-state index contributed by atoms with van der Waals surface area (Å²) >= 11 is 3.82. The van der Waals surface area contributed by atoms with Gasteiger partial charge in [-0.15, -0.1) is 22.7 Å². The van der Waals surface area contributed by atoms with Crippen molar-refractivity contribution in [2.45, 2.75) is 12.8 Å². The van der Waals surface area contributed by atoms with Gasteiger partial charge in [0.25, 0.3) is 0 Å². The first-order valence-corrected chi connectivity index (χ1v) is 20.7. The van der Waals surface area contributed by atoms with E-state index >= 15 is 0 Å². The Bertz CT molecular complexity index is 3130. The molecule has 6 aromatic carbocycles. The topological polar surface area (TPSA) is 25.8 Å². The number of fused-ring (bicyclic) bond motifs is 6. The van der Waals surface area contributed by atoms with E-state index < -0.39 is 0 Å². The number of benzene rings is 6. The van der Waals surface area contributed by atoms with Crippen LogP contribution in [0.4, 0.5) is 0 Å². The fraction of sp³-hybridized carbons (Fsp3) is 0.0385. The second-order valence-electron chi connectivity index (χ2n) is 14.6. The number of nitrogens with zero attached hydrogens (tertiary/aromatic N) is 2. The van der Waals surface area contributed by atoms with Gasteiger partial charge in [-0.3, -0.25) is 9.97 Å². The quantitative estimate of drug-likeness (QED) is 0.169. The monoisotopic (exact) mass is 750 g/mol. The van der Waals surface area contributed by atoms with Crippen molar-refractivity contribution in [1.82, 2.24) is 9.97 Å². The highest BCUT2D eigenvalue weighted by Gasteiger charge is 2.19. The van der Waals surface area contributed by atoms with Crippen molar-refractivity contribution in [3.63, 3.8) is 0 Å². The first-order valence-electron chi connectivity index (χ1n) is 19.0. The van der Waals surface area contributed by atoms with Gasteiger partial charge in [-0.05, 0) is 170 Å². The Balaban J connectivity index is 0.927. The lowest BCUT2D eigenvalue weighted by atomic mass is 9.89. The molecule has 0 unspecified atom stereocenters. The molecule has 2 nitrogen and oxygen atoms in total. The Kier molecular flexibility index (Phi) is 8.05. The normalized spacial score (nSPS) is 12.6. The second kappa shape index (κ2) is 13.7. The van der Waals surface area contributed by atoms with Crippen LogP contribution in [-0.4, -0.2) is 9.97 Å². The van der Waals surface area contributed by atoms with Crippen molar-refractivity contribution < 1.29 is 0 Å². The summed E-state index contributed by atoms with van der Waals surface area (Å²) in [6.45, 7) is 0. The first kappa shape index (κ1) is 32.9. The van der Waals surface area contributed by atoms with Crippen LogP contribution in [0.2, 0.25) is 0 Å². The van der Waals surface area contributed by atoms with Crippen LogP contribution in [0.5, 0.6) is 0 Å². The Hall–Kier alpha value is -6.46. The number of hydrogen-bond acceptors (Lipinski definition) is 4. The lowest BCUT2D eigenvalue weighted by Crippen LogP contribution is -1.96. The van der Waals surface area contributed by atoms with E-state index in [0.29, 0.717) is 0 Å². The van der Waals surface area contributed by atoms with Gasteiger partial charge in [0.15, 0.2) is 0 Å². The van der Waals surface area contributed by atoms with Gasteiger partial charge in [0.05, 0.1) is 0 Å². The van der Waals surface area contributed by atoms with Crippen LogP contribution in [0, 0.1) is 0 Å². The molecular formula is C52H34N2S2. The van der Waals surface area contributed by atoms with Crippen LogP contribution in [0.25, 0.3) is 97.5 Å². The van der Waals surface area contributed by atoms with Crippen LogP contribution in [-0.2, 0) is 6.42 Å². The molecule has 0 aliphatic heterocycles. The summed E-state index contributed by atoms with van der Waals surface area (Å²) in [6.07, 6.45) is 12.0. The number of rotatable bonds is 6. The fourth-order valence-electron chi connectivity index (χ4n) is 8.29. The molecule has 10 aromatic rings. The highest BCUT2D eigenvalue weighted by atomic mass is 32.1. The van der Waals surface area contributed by atoms with Gasteiger partial charge in [-0.1, -0.05) is 72.8 Å². The van der Waals surface area contributed by atoms with Crippen molar-refractivity contribution >= 4 is 64.6 Å². The van der Waals surface area contributed by atoms with Gasteiger partial charge >= 0.3 is 0 Å². The summed E-state index contributed by atoms with van der Waals surface area (Å²) in [7, 11) is 0. The molecule has 4 heteroatoms. The van der Waals surface area contributed by atoms with E-state index in [1.165, 1.54) is 107 Å². The first-order chi connectivity index (χ1) is 27.7. The molecule has 56 heavy (non-hydrogen) atoms. The van der Waals surface area contributed by atoms with Crippen LogP contribution in [0.15, 0.2) is 176 Å². The molecule has 0 atom stereocenters. The summed E-state index contributed by atoms with van der Waals surface area (Å²) < 4.78 is 3.99. The minimum atomic E-state index is 1.05. The van der Waals surface area contributed by atoms with Gasteiger partial charge in [-0.2, -0.15) is 0 Å². The van der Waals surface area contributed by atoms with Crippen molar-refractivity contribution in [2.24, 2.45) is 0 Å². The number of thiophene rings is 2. The number of aryl methyl sites for hydroxylation is 1. The van der Waals surface area contributed by atoms with Gasteiger partial charge in [-0.25, -0.2) is 0 Å². The molecule has 0 radical (unpaired) electrons. The van der Waals surface area contributed by atoms with Crippen molar-refractivity contribution in [3.05, 3.63) is 192 Å². The molecular weight excluding hydrogens is 717 g/mol. The lowest BCUT2D eigenvalue weighted by molar-refractivity contribution is 1.03. The van der Waals surface area contributed by atoms with E-state index in [2.05, 4.69) is 168 Å². The molecule has 0 fully saturated rings. The Labute approximate surface area is 333 Å². The maximum Gasteiger partial charge on any atom is 0.0355 e. The van der Waals surface area contributed by atoms with E-state index in [0.717, 1.165) is 12.8 Å². The van der Waals surface area contributed by atoms with Gasteiger partial charge in [0.2, 0.25) is 0 Å². The maximum atomic E-state index is 4.20. The summed E-state index contributed by atoms with van der Waals surface area (Å²) in [5.41, 5.74) is 16.3. The molecule has 0 saturated carbocycles. The fourth-order valence-corrected chi connectivity index (χ4v) is 10.5. The molecule has 0 spiro atoms. The molecule has 0 N–H and O–H groups in total. The largest absolute Gasteiger partial charge is 0.265 e. The summed E-state index contributed by atoms with van der Waals surface area (Å²) in [5, 5.41) is 3.97. The molecule has 1 aliphatic rings. The van der Waals surface area contributed by atoms with Crippen LogP contribution >= 0.6 is 22.7 Å². The number of hydrogen-bond donors (Lipinski definition) is 0. The van der Waals surface area contributed by atoms with Gasteiger partial charge in [0.1, 0.15) is 0 Å². The summed E-state index contributed by atoms with van der Waals surface area (Å²) in [5.74, 6) is 0.